The van der Waals surface area contributed by atoms with E-state index in [4.69, 9.17) is 4.74 Å². The van der Waals surface area contributed by atoms with Crippen molar-refractivity contribution in [1.29, 1.82) is 0 Å². The molecule has 0 fully saturated rings. The van der Waals surface area contributed by atoms with Gasteiger partial charge in [0.25, 0.3) is 0 Å². The number of pyridine rings is 1. The first kappa shape index (κ1) is 11.7. The first-order valence-corrected chi connectivity index (χ1v) is 6.73. The van der Waals surface area contributed by atoms with Crippen molar-refractivity contribution in [1.82, 2.24) is 9.97 Å². The van der Waals surface area contributed by atoms with Gasteiger partial charge in [-0.25, -0.2) is 4.98 Å². The van der Waals surface area contributed by atoms with Crippen molar-refractivity contribution in [3.63, 3.8) is 0 Å². The molecule has 0 spiro atoms. The van der Waals surface area contributed by atoms with Crippen LogP contribution in [0.3, 0.4) is 0 Å². The van der Waals surface area contributed by atoms with Gasteiger partial charge in [0.1, 0.15) is 5.01 Å². The molecule has 2 aromatic rings. The molecular formula is C11H11BrN2OS. The number of hydrogen-bond acceptors (Lipinski definition) is 4. The van der Waals surface area contributed by atoms with E-state index in [0.29, 0.717) is 6.61 Å². The minimum absolute atomic E-state index is 0.558. The van der Waals surface area contributed by atoms with Crippen LogP contribution in [0.2, 0.25) is 0 Å². The fourth-order valence-corrected chi connectivity index (χ4v) is 2.94. The van der Waals surface area contributed by atoms with Crippen LogP contribution >= 0.6 is 27.3 Å². The van der Waals surface area contributed by atoms with Crippen LogP contribution in [0.25, 0.3) is 10.6 Å². The number of halogens is 1. The lowest BCUT2D eigenvalue weighted by Gasteiger charge is -1.95. The molecule has 0 N–H and O–H groups in total. The van der Waals surface area contributed by atoms with Crippen molar-refractivity contribution in [3.05, 3.63) is 35.1 Å². The van der Waals surface area contributed by atoms with E-state index in [1.165, 1.54) is 4.88 Å². The quantitative estimate of drug-likeness (QED) is 0.813. The Morgan fingerprint density at radius 1 is 1.38 bits per heavy atom. The smallest absolute Gasteiger partial charge is 0.124 e. The summed E-state index contributed by atoms with van der Waals surface area (Å²) in [5, 5.41) is 1.83. The van der Waals surface area contributed by atoms with Crippen molar-refractivity contribution >= 4 is 27.3 Å². The van der Waals surface area contributed by atoms with Crippen molar-refractivity contribution in [2.24, 2.45) is 0 Å². The number of ether oxygens (including phenoxy) is 1. The first-order valence-electron chi connectivity index (χ1n) is 4.79. The molecule has 84 valence electrons. The van der Waals surface area contributed by atoms with Gasteiger partial charge in [-0.05, 0) is 12.1 Å². The molecule has 0 saturated heterocycles. The summed E-state index contributed by atoms with van der Waals surface area (Å²) < 4.78 is 5.13. The Bertz CT molecular complexity index is 458. The molecular weight excluding hydrogens is 288 g/mol. The van der Waals surface area contributed by atoms with Crippen LogP contribution < -0.4 is 0 Å². The van der Waals surface area contributed by atoms with Gasteiger partial charge in [-0.1, -0.05) is 15.9 Å². The molecule has 0 unspecified atom stereocenters. The predicted molar refractivity (Wildman–Crippen MR) is 68.7 cm³/mol. The fourth-order valence-electron chi connectivity index (χ4n) is 1.36. The predicted octanol–water partition coefficient (Wildman–Crippen LogP) is 3.25. The molecule has 0 saturated carbocycles. The number of nitrogens with zero attached hydrogens (tertiary/aromatic N) is 2. The van der Waals surface area contributed by atoms with Gasteiger partial charge in [-0.3, -0.25) is 4.98 Å². The Hall–Kier alpha value is -0.780. The van der Waals surface area contributed by atoms with Crippen LogP contribution in [-0.2, 0) is 16.7 Å². The number of thiazole rings is 1. The maximum Gasteiger partial charge on any atom is 0.124 e. The monoisotopic (exact) mass is 298 g/mol. The van der Waals surface area contributed by atoms with Gasteiger partial charge in [0.15, 0.2) is 0 Å². The summed E-state index contributed by atoms with van der Waals surface area (Å²) in [5.41, 5.74) is 2.11. The molecule has 0 aromatic carbocycles. The molecule has 0 aliphatic rings. The van der Waals surface area contributed by atoms with Gasteiger partial charge >= 0.3 is 0 Å². The van der Waals surface area contributed by atoms with Crippen LogP contribution in [-0.4, -0.2) is 17.1 Å². The summed E-state index contributed by atoms with van der Waals surface area (Å²) in [5.74, 6) is 0. The molecule has 0 aliphatic heterocycles. The molecule has 0 radical (unpaired) electrons. The molecule has 2 heterocycles. The average Bonchev–Trinajstić information content (AvgIpc) is 2.74. The van der Waals surface area contributed by atoms with E-state index in [-0.39, 0.29) is 0 Å². The van der Waals surface area contributed by atoms with Crippen molar-refractivity contribution in [2.75, 3.05) is 7.11 Å². The topological polar surface area (TPSA) is 35.0 Å². The van der Waals surface area contributed by atoms with E-state index in [9.17, 15) is 0 Å². The van der Waals surface area contributed by atoms with E-state index in [2.05, 4.69) is 25.9 Å². The van der Waals surface area contributed by atoms with Crippen LogP contribution in [0.4, 0.5) is 0 Å². The maximum atomic E-state index is 5.13. The summed E-state index contributed by atoms with van der Waals surface area (Å²) in [6.45, 7) is 0.558. The lowest BCUT2D eigenvalue weighted by molar-refractivity contribution is 0.181. The van der Waals surface area contributed by atoms with Gasteiger partial charge in [0.2, 0.25) is 0 Å². The van der Waals surface area contributed by atoms with Gasteiger partial charge in [0.05, 0.1) is 12.3 Å². The van der Waals surface area contributed by atoms with Crippen LogP contribution in [0.15, 0.2) is 24.5 Å². The molecule has 0 aliphatic carbocycles. The van der Waals surface area contributed by atoms with Crippen molar-refractivity contribution in [2.45, 2.75) is 11.9 Å². The standard InChI is InChI=1S/C11H11BrN2OS/c1-15-7-9-10(6-12)16-11(14-9)8-2-4-13-5-3-8/h2-5H,6-7H2,1H3. The number of rotatable bonds is 4. The number of aromatic nitrogens is 2. The maximum absolute atomic E-state index is 5.13. The molecule has 0 bridgehead atoms. The van der Waals surface area contributed by atoms with E-state index in [0.717, 1.165) is 21.6 Å². The highest BCUT2D eigenvalue weighted by atomic mass is 79.9. The van der Waals surface area contributed by atoms with Crippen LogP contribution in [0.5, 0.6) is 0 Å². The molecule has 5 heteroatoms. The Balaban J connectivity index is 2.36. The second-order valence-electron chi connectivity index (χ2n) is 3.19. The second-order valence-corrected chi connectivity index (χ2v) is 4.84. The molecule has 16 heavy (non-hydrogen) atoms. The van der Waals surface area contributed by atoms with Crippen LogP contribution in [0, 0.1) is 0 Å². The summed E-state index contributed by atoms with van der Waals surface area (Å²) in [4.78, 5) is 9.79. The average molecular weight is 299 g/mol. The lowest BCUT2D eigenvalue weighted by Crippen LogP contribution is -1.91. The van der Waals surface area contributed by atoms with E-state index < -0.39 is 0 Å². The third-order valence-corrected chi connectivity index (χ3v) is 4.19. The number of methoxy groups -OCH3 is 1. The third kappa shape index (κ3) is 2.48. The Labute approximate surface area is 107 Å². The van der Waals surface area contributed by atoms with Crippen LogP contribution in [0.1, 0.15) is 10.6 Å². The summed E-state index contributed by atoms with van der Waals surface area (Å²) >= 11 is 5.15. The van der Waals surface area contributed by atoms with Gasteiger partial charge in [-0.15, -0.1) is 11.3 Å². The van der Waals surface area contributed by atoms with E-state index in [1.807, 2.05) is 12.1 Å². The van der Waals surface area contributed by atoms with Crippen molar-refractivity contribution in [3.8, 4) is 10.6 Å². The third-order valence-electron chi connectivity index (χ3n) is 2.11. The molecule has 2 aromatic heterocycles. The number of alkyl halides is 1. The Kier molecular flexibility index (Phi) is 4.04. The lowest BCUT2D eigenvalue weighted by atomic mass is 10.3. The molecule has 0 amide bonds. The summed E-state index contributed by atoms with van der Waals surface area (Å²) in [6, 6.07) is 3.93. The van der Waals surface area contributed by atoms with Gasteiger partial charge in [0, 0.05) is 35.3 Å². The van der Waals surface area contributed by atoms with Gasteiger partial charge < -0.3 is 4.74 Å². The zero-order valence-corrected chi connectivity index (χ0v) is 11.2. The zero-order valence-electron chi connectivity index (χ0n) is 8.81. The summed E-state index contributed by atoms with van der Waals surface area (Å²) in [7, 11) is 1.68. The first-order chi connectivity index (χ1) is 7.85. The molecule has 0 atom stereocenters. The van der Waals surface area contributed by atoms with E-state index >= 15 is 0 Å². The van der Waals surface area contributed by atoms with Crippen molar-refractivity contribution < 1.29 is 4.74 Å². The van der Waals surface area contributed by atoms with Gasteiger partial charge in [-0.2, -0.15) is 0 Å². The molecule has 3 nitrogen and oxygen atoms in total. The highest BCUT2D eigenvalue weighted by molar-refractivity contribution is 9.08. The minimum Gasteiger partial charge on any atom is -0.378 e. The second kappa shape index (κ2) is 5.52. The Morgan fingerprint density at radius 2 is 2.12 bits per heavy atom. The highest BCUT2D eigenvalue weighted by Crippen LogP contribution is 2.29. The molecule has 2 rings (SSSR count). The minimum atomic E-state index is 0.558. The SMILES string of the molecule is COCc1nc(-c2ccncc2)sc1CBr. The van der Waals surface area contributed by atoms with E-state index in [1.54, 1.807) is 30.8 Å². The highest BCUT2D eigenvalue weighted by Gasteiger charge is 2.11. The largest absolute Gasteiger partial charge is 0.378 e. The zero-order chi connectivity index (χ0) is 11.4. The summed E-state index contributed by atoms with van der Waals surface area (Å²) in [6.07, 6.45) is 3.56. The number of hydrogen-bond donors (Lipinski definition) is 0. The normalized spacial score (nSPS) is 10.6. The fraction of sp³-hybridized carbons (Fsp3) is 0.273. The Morgan fingerprint density at radius 3 is 2.75 bits per heavy atom.